The summed E-state index contributed by atoms with van der Waals surface area (Å²) in [5.41, 5.74) is 0.789. The maximum Gasteiger partial charge on any atom is 0.228 e. The van der Waals surface area contributed by atoms with Gasteiger partial charge in [0.1, 0.15) is 11.5 Å². The van der Waals surface area contributed by atoms with E-state index >= 15 is 0 Å². The van der Waals surface area contributed by atoms with Gasteiger partial charge < -0.3 is 15.4 Å². The maximum atomic E-state index is 12.2. The second-order valence-electron chi connectivity index (χ2n) is 5.34. The van der Waals surface area contributed by atoms with Crippen LogP contribution in [-0.4, -0.2) is 24.0 Å². The van der Waals surface area contributed by atoms with Crippen LogP contribution in [0.1, 0.15) is 12.8 Å². The van der Waals surface area contributed by atoms with E-state index in [1.165, 1.54) is 0 Å². The molecule has 24 heavy (non-hydrogen) atoms. The van der Waals surface area contributed by atoms with Gasteiger partial charge in [0.2, 0.25) is 5.91 Å². The third kappa shape index (κ3) is 5.67. The van der Waals surface area contributed by atoms with Gasteiger partial charge in [0.25, 0.3) is 0 Å². The number of amides is 1. The molecule has 0 bridgehead atoms. The Morgan fingerprint density at radius 3 is 2.38 bits per heavy atom. The van der Waals surface area contributed by atoms with Crippen molar-refractivity contribution in [3.63, 3.8) is 0 Å². The minimum Gasteiger partial charge on any atom is -0.457 e. The van der Waals surface area contributed by atoms with E-state index in [0.717, 1.165) is 43.1 Å². The highest BCUT2D eigenvalue weighted by molar-refractivity contribution is 5.92. The molecular weight excluding hydrogens is 349 g/mol. The fourth-order valence-electron chi connectivity index (χ4n) is 2.47. The molecule has 1 saturated heterocycles. The summed E-state index contributed by atoms with van der Waals surface area (Å²) in [6, 6.07) is 11.0. The SMILES string of the molecule is Cl.Cl.O=C(Nc1ccc(Oc2ccncc2)cc1)C1CCCNC1. The highest BCUT2D eigenvalue weighted by Gasteiger charge is 2.20. The Labute approximate surface area is 154 Å². The quantitative estimate of drug-likeness (QED) is 0.862. The van der Waals surface area contributed by atoms with Crippen LogP contribution in [-0.2, 0) is 4.79 Å². The van der Waals surface area contributed by atoms with Crippen LogP contribution in [0.5, 0.6) is 11.5 Å². The summed E-state index contributed by atoms with van der Waals surface area (Å²) in [6.45, 7) is 1.76. The van der Waals surface area contributed by atoms with Gasteiger partial charge in [0.15, 0.2) is 0 Å². The van der Waals surface area contributed by atoms with Crippen LogP contribution >= 0.6 is 24.8 Å². The molecule has 1 amide bonds. The van der Waals surface area contributed by atoms with Crippen LogP contribution in [0.3, 0.4) is 0 Å². The fourth-order valence-corrected chi connectivity index (χ4v) is 2.47. The molecule has 1 aromatic heterocycles. The van der Waals surface area contributed by atoms with E-state index in [1.54, 1.807) is 24.5 Å². The van der Waals surface area contributed by atoms with Gasteiger partial charge in [-0.2, -0.15) is 0 Å². The molecule has 2 N–H and O–H groups in total. The van der Waals surface area contributed by atoms with Crippen molar-refractivity contribution in [2.45, 2.75) is 12.8 Å². The Kier molecular flexibility index (Phi) is 8.54. The molecular formula is C17H21Cl2N3O2. The predicted molar refractivity (Wildman–Crippen MR) is 99.5 cm³/mol. The molecule has 1 aromatic carbocycles. The monoisotopic (exact) mass is 369 g/mol. The number of hydrogen-bond acceptors (Lipinski definition) is 4. The molecule has 5 nitrogen and oxygen atoms in total. The van der Waals surface area contributed by atoms with Crippen molar-refractivity contribution in [1.29, 1.82) is 0 Å². The van der Waals surface area contributed by atoms with Crippen LogP contribution in [0.15, 0.2) is 48.8 Å². The van der Waals surface area contributed by atoms with Crippen molar-refractivity contribution >= 4 is 36.4 Å². The number of pyridine rings is 1. The second-order valence-corrected chi connectivity index (χ2v) is 5.34. The highest BCUT2D eigenvalue weighted by Crippen LogP contribution is 2.22. The first-order valence-corrected chi connectivity index (χ1v) is 7.51. The molecule has 1 fully saturated rings. The summed E-state index contributed by atoms with van der Waals surface area (Å²) in [5, 5.41) is 6.21. The van der Waals surface area contributed by atoms with Crippen molar-refractivity contribution in [3.8, 4) is 11.5 Å². The Bertz CT molecular complexity index is 617. The van der Waals surface area contributed by atoms with Gasteiger partial charge in [-0.05, 0) is 55.8 Å². The number of hydrogen-bond donors (Lipinski definition) is 2. The summed E-state index contributed by atoms with van der Waals surface area (Å²) in [5.74, 6) is 1.60. The van der Waals surface area contributed by atoms with Crippen molar-refractivity contribution in [2.75, 3.05) is 18.4 Å². The van der Waals surface area contributed by atoms with E-state index in [9.17, 15) is 4.79 Å². The van der Waals surface area contributed by atoms with Crippen molar-refractivity contribution in [2.24, 2.45) is 5.92 Å². The molecule has 0 radical (unpaired) electrons. The van der Waals surface area contributed by atoms with Crippen LogP contribution in [0.25, 0.3) is 0 Å². The number of carbonyl (C=O) groups excluding carboxylic acids is 1. The summed E-state index contributed by atoms with van der Waals surface area (Å²) in [7, 11) is 0. The van der Waals surface area contributed by atoms with E-state index in [4.69, 9.17) is 4.74 Å². The summed E-state index contributed by atoms with van der Waals surface area (Å²) < 4.78 is 5.69. The lowest BCUT2D eigenvalue weighted by molar-refractivity contribution is -0.120. The minimum absolute atomic E-state index is 0. The molecule has 1 aliphatic heterocycles. The standard InChI is InChI=1S/C17H19N3O2.2ClH/c21-17(13-2-1-9-19-12-13)20-14-3-5-15(6-4-14)22-16-7-10-18-11-8-16;;/h3-8,10-11,13,19H,1-2,9,12H2,(H,20,21);2*1H. The van der Waals surface area contributed by atoms with Gasteiger partial charge in [-0.1, -0.05) is 0 Å². The molecule has 0 spiro atoms. The van der Waals surface area contributed by atoms with E-state index in [2.05, 4.69) is 15.6 Å². The Morgan fingerprint density at radius 2 is 1.75 bits per heavy atom. The molecule has 0 aliphatic carbocycles. The number of nitrogens with zero attached hydrogens (tertiary/aromatic N) is 1. The number of ether oxygens (including phenoxy) is 1. The third-order valence-corrected chi connectivity index (χ3v) is 3.67. The van der Waals surface area contributed by atoms with E-state index in [1.807, 2.05) is 24.3 Å². The van der Waals surface area contributed by atoms with E-state index < -0.39 is 0 Å². The van der Waals surface area contributed by atoms with Crippen LogP contribution in [0.2, 0.25) is 0 Å². The molecule has 130 valence electrons. The molecule has 7 heteroatoms. The molecule has 1 unspecified atom stereocenters. The molecule has 2 heterocycles. The maximum absolute atomic E-state index is 12.2. The zero-order valence-electron chi connectivity index (χ0n) is 13.1. The lowest BCUT2D eigenvalue weighted by Gasteiger charge is -2.21. The number of piperidine rings is 1. The van der Waals surface area contributed by atoms with E-state index in [0.29, 0.717) is 0 Å². The van der Waals surface area contributed by atoms with Crippen LogP contribution in [0.4, 0.5) is 5.69 Å². The van der Waals surface area contributed by atoms with Gasteiger partial charge in [-0.25, -0.2) is 0 Å². The second kappa shape index (κ2) is 10.1. The van der Waals surface area contributed by atoms with Gasteiger partial charge >= 0.3 is 0 Å². The number of halogens is 2. The van der Waals surface area contributed by atoms with Gasteiger partial charge in [-0.3, -0.25) is 9.78 Å². The number of aromatic nitrogens is 1. The topological polar surface area (TPSA) is 63.2 Å². The van der Waals surface area contributed by atoms with Gasteiger partial charge in [-0.15, -0.1) is 24.8 Å². The first-order chi connectivity index (χ1) is 10.8. The molecule has 0 saturated carbocycles. The number of carbonyl (C=O) groups is 1. The number of nitrogens with one attached hydrogen (secondary N) is 2. The lowest BCUT2D eigenvalue weighted by Crippen LogP contribution is -2.37. The van der Waals surface area contributed by atoms with Gasteiger partial charge in [0.05, 0.1) is 5.92 Å². The largest absolute Gasteiger partial charge is 0.457 e. The first kappa shape index (κ1) is 20.2. The average molecular weight is 370 g/mol. The van der Waals surface area contributed by atoms with Crippen molar-refractivity contribution < 1.29 is 9.53 Å². The first-order valence-electron chi connectivity index (χ1n) is 7.51. The Balaban J connectivity index is 0.00000144. The predicted octanol–water partition coefficient (Wildman–Crippen LogP) is 3.66. The number of benzene rings is 1. The molecule has 3 rings (SSSR count). The zero-order valence-corrected chi connectivity index (χ0v) is 14.7. The smallest absolute Gasteiger partial charge is 0.228 e. The average Bonchev–Trinajstić information content (AvgIpc) is 2.58. The Hall–Kier alpha value is -1.82. The van der Waals surface area contributed by atoms with Crippen LogP contribution < -0.4 is 15.4 Å². The minimum atomic E-state index is 0. The number of anilines is 1. The summed E-state index contributed by atoms with van der Waals surface area (Å²) in [6.07, 6.45) is 5.36. The molecule has 1 aliphatic rings. The Morgan fingerprint density at radius 1 is 1.08 bits per heavy atom. The normalized spacial score (nSPS) is 16.2. The fraction of sp³-hybridized carbons (Fsp3) is 0.294. The van der Waals surface area contributed by atoms with Crippen molar-refractivity contribution in [3.05, 3.63) is 48.8 Å². The van der Waals surface area contributed by atoms with Crippen LogP contribution in [0, 0.1) is 5.92 Å². The summed E-state index contributed by atoms with van der Waals surface area (Å²) in [4.78, 5) is 16.1. The summed E-state index contributed by atoms with van der Waals surface area (Å²) >= 11 is 0. The zero-order chi connectivity index (χ0) is 15.2. The van der Waals surface area contributed by atoms with E-state index in [-0.39, 0.29) is 36.6 Å². The molecule has 1 atom stereocenters. The highest BCUT2D eigenvalue weighted by atomic mass is 35.5. The van der Waals surface area contributed by atoms with Gasteiger partial charge in [0, 0.05) is 24.6 Å². The molecule has 2 aromatic rings. The third-order valence-electron chi connectivity index (χ3n) is 3.67. The van der Waals surface area contributed by atoms with Crippen molar-refractivity contribution in [1.82, 2.24) is 10.3 Å². The number of rotatable bonds is 4. The lowest BCUT2D eigenvalue weighted by atomic mass is 9.99.